The number of hydrogen-bond acceptors (Lipinski definition) is 2. The van der Waals surface area contributed by atoms with Gasteiger partial charge < -0.3 is 4.74 Å². The molecule has 0 fully saturated rings. The molecule has 0 aromatic carbocycles. The predicted molar refractivity (Wildman–Crippen MR) is 55.6 cm³/mol. The van der Waals surface area contributed by atoms with Gasteiger partial charge in [0.2, 0.25) is 0 Å². The van der Waals surface area contributed by atoms with Gasteiger partial charge in [-0.15, -0.1) is 0 Å². The van der Waals surface area contributed by atoms with Gasteiger partial charge in [0.05, 0.1) is 6.10 Å². The average molecular weight is 239 g/mol. The van der Waals surface area contributed by atoms with Gasteiger partial charge in [-0.2, -0.15) is 0 Å². The molecule has 0 N–H and O–H groups in total. The highest BCUT2D eigenvalue weighted by atomic mass is 79.9. The minimum Gasteiger partial charge on any atom is -0.462 e. The Morgan fingerprint density at radius 3 is 1.75 bits per heavy atom. The van der Waals surface area contributed by atoms with Crippen molar-refractivity contribution in [2.45, 2.75) is 52.0 Å². The maximum atomic E-state index is 11.0. The van der Waals surface area contributed by atoms with Crippen molar-refractivity contribution in [1.29, 1.82) is 0 Å². The van der Waals surface area contributed by atoms with Crippen molar-refractivity contribution < 1.29 is 9.53 Å². The average Bonchev–Trinajstić information content (AvgIpc) is 1.88. The Kier molecular flexibility index (Phi) is 7.80. The smallest absolute Gasteiger partial charge is 0.322 e. The van der Waals surface area contributed by atoms with Crippen LogP contribution in [-0.4, -0.2) is 16.4 Å². The Balaban J connectivity index is 0. The first-order valence-electron chi connectivity index (χ1n) is 4.24. The van der Waals surface area contributed by atoms with Gasteiger partial charge >= 0.3 is 5.97 Å². The first-order chi connectivity index (χ1) is 5.34. The summed E-state index contributed by atoms with van der Waals surface area (Å²) in [6, 6.07) is 0. The topological polar surface area (TPSA) is 26.3 Å². The summed E-state index contributed by atoms with van der Waals surface area (Å²) in [6.07, 6.45) is -0.0377. The molecule has 0 rings (SSSR count). The van der Waals surface area contributed by atoms with Crippen molar-refractivity contribution in [2.75, 3.05) is 0 Å². The van der Waals surface area contributed by atoms with Crippen molar-refractivity contribution >= 4 is 21.9 Å². The van der Waals surface area contributed by atoms with Crippen molar-refractivity contribution in [3.8, 4) is 0 Å². The molecule has 0 unspecified atom stereocenters. The van der Waals surface area contributed by atoms with Crippen LogP contribution < -0.4 is 0 Å². The van der Waals surface area contributed by atoms with Crippen LogP contribution in [0.15, 0.2) is 0 Å². The van der Waals surface area contributed by atoms with E-state index in [1.807, 2.05) is 27.7 Å². The molecule has 2 nitrogen and oxygen atoms in total. The molecular weight excluding hydrogens is 220 g/mol. The Morgan fingerprint density at radius 1 is 1.33 bits per heavy atom. The summed E-state index contributed by atoms with van der Waals surface area (Å²) >= 11 is 3.20. The molecule has 0 heterocycles. The van der Waals surface area contributed by atoms with Crippen LogP contribution in [0.1, 0.15) is 41.5 Å². The van der Waals surface area contributed by atoms with Gasteiger partial charge in [-0.1, -0.05) is 29.8 Å². The van der Waals surface area contributed by atoms with Crippen molar-refractivity contribution in [2.24, 2.45) is 0 Å². The zero-order valence-electron chi connectivity index (χ0n) is 8.77. The van der Waals surface area contributed by atoms with E-state index in [1.165, 1.54) is 0 Å². The maximum absolute atomic E-state index is 11.0. The number of alkyl halides is 1. The second kappa shape index (κ2) is 6.46. The third kappa shape index (κ3) is 8.05. The molecular formula is C9H19BrO2. The van der Waals surface area contributed by atoms with Gasteiger partial charge in [0.25, 0.3) is 0 Å². The summed E-state index contributed by atoms with van der Waals surface area (Å²) in [6.45, 7) is 11.2. The molecule has 0 amide bonds. The zero-order chi connectivity index (χ0) is 10.4. The Bertz CT molecular complexity index is 125. The van der Waals surface area contributed by atoms with Crippen LogP contribution in [0.25, 0.3) is 0 Å². The van der Waals surface area contributed by atoms with E-state index >= 15 is 0 Å². The molecule has 3 heteroatoms. The summed E-state index contributed by atoms with van der Waals surface area (Å²) in [5, 5.41) is 0. The van der Waals surface area contributed by atoms with E-state index in [0.29, 0.717) is 0 Å². The van der Waals surface area contributed by atoms with Gasteiger partial charge in [0.15, 0.2) is 0 Å². The van der Waals surface area contributed by atoms with Crippen LogP contribution in [0.5, 0.6) is 0 Å². The minimum absolute atomic E-state index is 0.0377. The highest BCUT2D eigenvalue weighted by Gasteiger charge is 2.25. The van der Waals surface area contributed by atoms with Gasteiger partial charge in [-0.3, -0.25) is 4.79 Å². The van der Waals surface area contributed by atoms with Crippen LogP contribution in [-0.2, 0) is 9.53 Å². The first kappa shape index (κ1) is 14.5. The van der Waals surface area contributed by atoms with Crippen molar-refractivity contribution in [3.63, 3.8) is 0 Å². The lowest BCUT2D eigenvalue weighted by Crippen LogP contribution is -2.28. The van der Waals surface area contributed by atoms with E-state index in [1.54, 1.807) is 13.8 Å². The fourth-order valence-electron chi connectivity index (χ4n) is 0.354. The molecule has 0 saturated carbocycles. The van der Waals surface area contributed by atoms with Crippen molar-refractivity contribution in [3.05, 3.63) is 0 Å². The van der Waals surface area contributed by atoms with Crippen LogP contribution in [0.4, 0.5) is 0 Å². The molecule has 12 heavy (non-hydrogen) atoms. The van der Waals surface area contributed by atoms with E-state index in [4.69, 9.17) is 4.74 Å². The number of hydrogen-bond donors (Lipinski definition) is 0. The van der Waals surface area contributed by atoms with Crippen LogP contribution in [0.3, 0.4) is 0 Å². The molecule has 0 aromatic rings. The lowest BCUT2D eigenvalue weighted by Gasteiger charge is -2.16. The molecule has 0 aliphatic heterocycles. The first-order valence-corrected chi connectivity index (χ1v) is 5.03. The lowest BCUT2D eigenvalue weighted by atomic mass is 10.2. The Labute approximate surface area is 83.8 Å². The zero-order valence-corrected chi connectivity index (χ0v) is 10.4. The van der Waals surface area contributed by atoms with Crippen molar-refractivity contribution in [1.82, 2.24) is 0 Å². The summed E-state index contributed by atoms with van der Waals surface area (Å²) < 4.78 is 4.37. The summed E-state index contributed by atoms with van der Waals surface area (Å²) in [5.41, 5.74) is 0. The number of halogens is 1. The minimum atomic E-state index is -0.558. The second-order valence-electron chi connectivity index (χ2n) is 2.93. The third-order valence-corrected chi connectivity index (χ3v) is 1.15. The molecule has 0 spiro atoms. The number of esters is 1. The molecule has 0 aliphatic rings. The lowest BCUT2D eigenvalue weighted by molar-refractivity contribution is -0.149. The summed E-state index contributed by atoms with van der Waals surface area (Å²) in [4.78, 5) is 11.0. The van der Waals surface area contributed by atoms with Gasteiger partial charge in [-0.25, -0.2) is 0 Å². The molecule has 0 atom stereocenters. The van der Waals surface area contributed by atoms with E-state index in [0.717, 1.165) is 0 Å². The molecule has 0 aromatic heterocycles. The van der Waals surface area contributed by atoms with E-state index < -0.39 is 4.32 Å². The van der Waals surface area contributed by atoms with Crippen LogP contribution in [0.2, 0.25) is 0 Å². The number of ether oxygens (including phenoxy) is 1. The van der Waals surface area contributed by atoms with Gasteiger partial charge in [-0.05, 0) is 27.7 Å². The summed E-state index contributed by atoms with van der Waals surface area (Å²) in [5.74, 6) is -0.220. The largest absolute Gasteiger partial charge is 0.462 e. The SMILES string of the molecule is CC.CC(C)OC(=O)C(C)(C)Br. The van der Waals surface area contributed by atoms with Gasteiger partial charge in [0.1, 0.15) is 4.32 Å². The monoisotopic (exact) mass is 238 g/mol. The molecule has 0 saturated heterocycles. The quantitative estimate of drug-likeness (QED) is 0.546. The third-order valence-electron chi connectivity index (χ3n) is 0.828. The fourth-order valence-corrected chi connectivity index (χ4v) is 0.448. The predicted octanol–water partition coefficient (Wildman–Crippen LogP) is 3.14. The Hall–Kier alpha value is -0.0500. The molecule has 0 aliphatic carbocycles. The van der Waals surface area contributed by atoms with E-state index in [-0.39, 0.29) is 12.1 Å². The maximum Gasteiger partial charge on any atom is 0.322 e. The van der Waals surface area contributed by atoms with Gasteiger partial charge in [0, 0.05) is 0 Å². The standard InChI is InChI=1S/C7H13BrO2.C2H6/c1-5(2)10-6(9)7(3,4)8;1-2/h5H,1-4H3;1-2H3. The highest BCUT2D eigenvalue weighted by Crippen LogP contribution is 2.18. The van der Waals surface area contributed by atoms with E-state index in [2.05, 4.69) is 15.9 Å². The summed E-state index contributed by atoms with van der Waals surface area (Å²) in [7, 11) is 0. The second-order valence-corrected chi connectivity index (χ2v) is 4.91. The normalized spacial score (nSPS) is 10.3. The van der Waals surface area contributed by atoms with E-state index in [9.17, 15) is 4.79 Å². The fraction of sp³-hybridized carbons (Fsp3) is 0.889. The molecule has 0 radical (unpaired) electrons. The highest BCUT2D eigenvalue weighted by molar-refractivity contribution is 9.10. The van der Waals surface area contributed by atoms with Crippen LogP contribution >= 0.6 is 15.9 Å². The van der Waals surface area contributed by atoms with Crippen LogP contribution in [0, 0.1) is 0 Å². The number of rotatable bonds is 2. The molecule has 0 bridgehead atoms. The Morgan fingerprint density at radius 2 is 1.67 bits per heavy atom. The number of carbonyl (C=O) groups is 1. The molecule has 74 valence electrons. The number of carbonyl (C=O) groups excluding carboxylic acids is 1.